The Labute approximate surface area is 272 Å². The fourth-order valence-corrected chi connectivity index (χ4v) is 4.67. The molecule has 1 amide bonds. The molecule has 2 aromatic rings. The zero-order chi connectivity index (χ0) is 34.2. The van der Waals surface area contributed by atoms with Crippen molar-refractivity contribution in [3.8, 4) is 17.6 Å². The van der Waals surface area contributed by atoms with Crippen LogP contribution in [0.5, 0.6) is 5.75 Å². The van der Waals surface area contributed by atoms with E-state index >= 15 is 0 Å². The number of nitrogens with zero attached hydrogens (tertiary/aromatic N) is 1. The second kappa shape index (κ2) is 18.5. The van der Waals surface area contributed by atoms with Gasteiger partial charge >= 0.3 is 18.0 Å². The number of nitro benzene ring substituents is 1. The third-order valence-electron chi connectivity index (χ3n) is 6.84. The van der Waals surface area contributed by atoms with Crippen molar-refractivity contribution in [2.75, 3.05) is 46.6 Å². The number of dihydropyridines is 1. The average Bonchev–Trinajstić information content (AvgIpc) is 3.06. The van der Waals surface area contributed by atoms with Gasteiger partial charge in [0, 0.05) is 36.6 Å². The van der Waals surface area contributed by atoms with E-state index in [-0.39, 0.29) is 36.7 Å². The standard InChI is InChI=1S/C33H38N4O10/c1-22-28(31(39)44-3)30(24-11-9-12-25(19-24)37(42)43)29(23(2)36-22)32(40)45-17-7-8-18-46-33(41)35-16-10-15-34-20-26(38)21-47-27-13-5-4-6-14-27/h4-6,9,11-14,19,26,30,34,36,38H,10,15-18,20-21H2,1-3H3,(H,35,41). The number of aliphatic hydroxyl groups excluding tert-OH is 1. The lowest BCUT2D eigenvalue weighted by Gasteiger charge is -2.30. The van der Waals surface area contributed by atoms with E-state index in [4.69, 9.17) is 18.9 Å². The minimum absolute atomic E-state index is 0.0680. The van der Waals surface area contributed by atoms with E-state index in [0.29, 0.717) is 48.8 Å². The SMILES string of the molecule is COC(=O)C1=C(C)NC(C)=C(C(=O)OCC#CCOC(=O)NCCCNCC(O)COc2ccccc2)C1c1cccc([N+](=O)[O-])c1. The number of hydrogen-bond acceptors (Lipinski definition) is 12. The second-order valence-electron chi connectivity index (χ2n) is 10.2. The van der Waals surface area contributed by atoms with E-state index in [2.05, 4.69) is 27.8 Å². The Kier molecular flexibility index (Phi) is 14.2. The van der Waals surface area contributed by atoms with E-state index in [1.807, 2.05) is 30.3 Å². The van der Waals surface area contributed by atoms with Gasteiger partial charge in [-0.1, -0.05) is 42.2 Å². The van der Waals surface area contributed by atoms with E-state index in [1.165, 1.54) is 25.3 Å². The predicted octanol–water partition coefficient (Wildman–Crippen LogP) is 2.70. The van der Waals surface area contributed by atoms with Gasteiger partial charge in [0.25, 0.3) is 5.69 Å². The number of allylic oxidation sites excluding steroid dienone is 2. The first-order chi connectivity index (χ1) is 22.6. The summed E-state index contributed by atoms with van der Waals surface area (Å²) in [4.78, 5) is 48.7. The zero-order valence-electron chi connectivity index (χ0n) is 26.4. The maximum absolute atomic E-state index is 13.2. The number of methoxy groups -OCH3 is 1. The fraction of sp³-hybridized carbons (Fsp3) is 0.364. The number of nitro groups is 1. The van der Waals surface area contributed by atoms with E-state index < -0.39 is 35.0 Å². The molecule has 47 heavy (non-hydrogen) atoms. The fourth-order valence-electron chi connectivity index (χ4n) is 4.67. The summed E-state index contributed by atoms with van der Waals surface area (Å²) < 4.78 is 20.8. The summed E-state index contributed by atoms with van der Waals surface area (Å²) in [7, 11) is 1.20. The molecule has 0 bridgehead atoms. The molecule has 0 aromatic heterocycles. The molecule has 2 unspecified atom stereocenters. The number of aliphatic hydroxyl groups is 1. The third kappa shape index (κ3) is 11.2. The molecular formula is C33H38N4O10. The molecule has 0 fully saturated rings. The lowest BCUT2D eigenvalue weighted by Crippen LogP contribution is -2.33. The third-order valence-corrected chi connectivity index (χ3v) is 6.84. The van der Waals surface area contributed by atoms with Crippen LogP contribution in [0.15, 0.2) is 77.1 Å². The van der Waals surface area contributed by atoms with Gasteiger partial charge in [-0.05, 0) is 44.5 Å². The van der Waals surface area contributed by atoms with Crippen molar-refractivity contribution in [1.82, 2.24) is 16.0 Å². The highest BCUT2D eigenvalue weighted by atomic mass is 16.6. The molecule has 1 aliphatic heterocycles. The number of hydrogen-bond donors (Lipinski definition) is 4. The number of carbonyl (C=O) groups excluding carboxylic acids is 3. The molecule has 2 aromatic carbocycles. The van der Waals surface area contributed by atoms with Crippen molar-refractivity contribution in [2.45, 2.75) is 32.3 Å². The first-order valence-electron chi connectivity index (χ1n) is 14.7. The number of rotatable bonds is 15. The smallest absolute Gasteiger partial charge is 0.408 e. The van der Waals surface area contributed by atoms with E-state index in [9.17, 15) is 29.6 Å². The monoisotopic (exact) mass is 650 g/mol. The van der Waals surface area contributed by atoms with Crippen LogP contribution in [-0.2, 0) is 23.8 Å². The quantitative estimate of drug-likeness (QED) is 0.0552. The lowest BCUT2D eigenvalue weighted by molar-refractivity contribution is -0.384. The number of benzene rings is 2. The average molecular weight is 651 g/mol. The molecule has 14 heteroatoms. The molecule has 3 rings (SSSR count). The number of nitrogens with one attached hydrogen (secondary N) is 3. The summed E-state index contributed by atoms with van der Waals surface area (Å²) in [6, 6.07) is 14.8. The van der Waals surface area contributed by atoms with Crippen molar-refractivity contribution in [1.29, 1.82) is 0 Å². The maximum atomic E-state index is 13.2. The van der Waals surface area contributed by atoms with Gasteiger partial charge in [0.1, 0.15) is 18.5 Å². The molecular weight excluding hydrogens is 612 g/mol. The number of carbonyl (C=O) groups is 3. The van der Waals surface area contributed by atoms with Gasteiger partial charge in [0.2, 0.25) is 0 Å². The van der Waals surface area contributed by atoms with Crippen LogP contribution >= 0.6 is 0 Å². The molecule has 0 saturated carbocycles. The first-order valence-corrected chi connectivity index (χ1v) is 14.7. The first kappa shape index (κ1) is 36.1. The Morgan fingerprint density at radius 3 is 2.34 bits per heavy atom. The Balaban J connectivity index is 1.42. The molecule has 0 aliphatic carbocycles. The van der Waals surface area contributed by atoms with Crippen molar-refractivity contribution >= 4 is 23.7 Å². The van der Waals surface area contributed by atoms with Gasteiger partial charge in [-0.2, -0.15) is 0 Å². The Morgan fingerprint density at radius 1 is 0.979 bits per heavy atom. The van der Waals surface area contributed by atoms with Crippen LogP contribution < -0.4 is 20.7 Å². The molecule has 0 radical (unpaired) electrons. The summed E-state index contributed by atoms with van der Waals surface area (Å²) in [6.45, 7) is 4.06. The molecule has 2 atom stereocenters. The van der Waals surface area contributed by atoms with Crippen molar-refractivity contribution in [3.05, 3.63) is 92.8 Å². The van der Waals surface area contributed by atoms with Crippen LogP contribution in [-0.4, -0.2) is 80.7 Å². The minimum atomic E-state index is -0.995. The van der Waals surface area contributed by atoms with Gasteiger partial charge in [-0.15, -0.1) is 0 Å². The second-order valence-corrected chi connectivity index (χ2v) is 10.2. The van der Waals surface area contributed by atoms with Crippen LogP contribution in [0, 0.1) is 22.0 Å². The predicted molar refractivity (Wildman–Crippen MR) is 170 cm³/mol. The molecule has 0 saturated heterocycles. The molecule has 1 aliphatic rings. The number of non-ortho nitro benzene ring substituents is 1. The molecule has 1 heterocycles. The highest BCUT2D eigenvalue weighted by Crippen LogP contribution is 2.40. The van der Waals surface area contributed by atoms with Gasteiger partial charge in [0.05, 0.1) is 29.1 Å². The molecule has 0 spiro atoms. The summed E-state index contributed by atoms with van der Waals surface area (Å²) in [5.41, 5.74) is 1.13. The minimum Gasteiger partial charge on any atom is -0.491 e. The van der Waals surface area contributed by atoms with E-state index in [1.54, 1.807) is 19.9 Å². The van der Waals surface area contributed by atoms with Gasteiger partial charge in [-0.25, -0.2) is 14.4 Å². The highest BCUT2D eigenvalue weighted by Gasteiger charge is 2.38. The number of amides is 1. The van der Waals surface area contributed by atoms with Gasteiger partial charge < -0.3 is 40.0 Å². The summed E-state index contributed by atoms with van der Waals surface area (Å²) >= 11 is 0. The zero-order valence-corrected chi connectivity index (χ0v) is 26.4. The van der Waals surface area contributed by atoms with E-state index in [0.717, 1.165) is 0 Å². The maximum Gasteiger partial charge on any atom is 0.408 e. The largest absolute Gasteiger partial charge is 0.491 e. The molecule has 4 N–H and O–H groups in total. The topological polar surface area (TPSA) is 188 Å². The number of para-hydroxylation sites is 1. The Bertz CT molecular complexity index is 1550. The Morgan fingerprint density at radius 2 is 1.66 bits per heavy atom. The van der Waals surface area contributed by atoms with Crippen LogP contribution in [0.1, 0.15) is 31.7 Å². The number of alkyl carbamates (subject to hydrolysis) is 1. The summed E-state index contributed by atoms with van der Waals surface area (Å²) in [5.74, 6) is 3.37. The van der Waals surface area contributed by atoms with Gasteiger partial charge in [0.15, 0.2) is 13.2 Å². The number of ether oxygens (including phenoxy) is 4. The van der Waals surface area contributed by atoms with Crippen LogP contribution in [0.25, 0.3) is 0 Å². The van der Waals surface area contributed by atoms with Gasteiger partial charge in [-0.3, -0.25) is 10.1 Å². The molecule has 14 nitrogen and oxygen atoms in total. The van der Waals surface area contributed by atoms with Crippen molar-refractivity contribution in [2.24, 2.45) is 0 Å². The van der Waals surface area contributed by atoms with Crippen LogP contribution in [0.3, 0.4) is 0 Å². The van der Waals surface area contributed by atoms with Crippen molar-refractivity contribution in [3.63, 3.8) is 0 Å². The Hall–Kier alpha value is -5.39. The van der Waals surface area contributed by atoms with Crippen LogP contribution in [0.4, 0.5) is 10.5 Å². The summed E-state index contributed by atoms with van der Waals surface area (Å²) in [6.07, 6.45) is -0.755. The number of esters is 2. The van der Waals surface area contributed by atoms with Crippen LogP contribution in [0.2, 0.25) is 0 Å². The highest BCUT2D eigenvalue weighted by molar-refractivity contribution is 6.00. The van der Waals surface area contributed by atoms with Crippen molar-refractivity contribution < 1.29 is 43.4 Å². The summed E-state index contributed by atoms with van der Waals surface area (Å²) in [5, 5.41) is 30.1. The normalized spacial score (nSPS) is 14.6. The molecule has 250 valence electrons. The lowest BCUT2D eigenvalue weighted by atomic mass is 9.80.